The maximum Gasteiger partial charge on any atom is 0.317 e. The zero-order valence-corrected chi connectivity index (χ0v) is 34.5. The lowest BCUT2D eigenvalue weighted by Gasteiger charge is -2.63. The van der Waals surface area contributed by atoms with Gasteiger partial charge < -0.3 is 46.4 Å². The van der Waals surface area contributed by atoms with Crippen molar-refractivity contribution in [2.24, 2.45) is 46.3 Å². The summed E-state index contributed by atoms with van der Waals surface area (Å²) in [6.07, 6.45) is 4.56. The lowest BCUT2D eigenvalue weighted by Crippen LogP contribution is -2.63. The van der Waals surface area contributed by atoms with E-state index in [4.69, 9.17) is 10.2 Å². The largest absolute Gasteiger partial charge is 0.481 e. The van der Waals surface area contributed by atoms with Gasteiger partial charge in [-0.2, -0.15) is 0 Å². The Morgan fingerprint density at radius 3 is 1.76 bits per heavy atom. The summed E-state index contributed by atoms with van der Waals surface area (Å²) in [6, 6.07) is -0.198. The smallest absolute Gasteiger partial charge is 0.317 e. The molecule has 2 amide bonds. The van der Waals surface area contributed by atoms with E-state index in [1.54, 1.807) is 0 Å². The van der Waals surface area contributed by atoms with E-state index >= 15 is 0 Å². The van der Waals surface area contributed by atoms with Gasteiger partial charge >= 0.3 is 29.8 Å². The molecule has 0 aliphatic heterocycles. The first kappa shape index (κ1) is 47.8. The van der Waals surface area contributed by atoms with Crippen LogP contribution in [0.15, 0.2) is 0 Å². The molecule has 0 bridgehead atoms. The summed E-state index contributed by atoms with van der Waals surface area (Å²) in [5.74, 6) is -6.20. The molecule has 0 aromatic heterocycles. The molecule has 4 rings (SSSR count). The number of nitrogens with zero attached hydrogens (tertiary/aromatic N) is 3. The highest BCUT2D eigenvalue weighted by Gasteiger charge is 2.65. The van der Waals surface area contributed by atoms with Crippen molar-refractivity contribution in [1.29, 1.82) is 0 Å². The van der Waals surface area contributed by atoms with Gasteiger partial charge in [0.15, 0.2) is 0 Å². The molecule has 5 unspecified atom stereocenters. The van der Waals surface area contributed by atoms with Gasteiger partial charge in [-0.25, -0.2) is 0 Å². The van der Waals surface area contributed by atoms with Gasteiger partial charge in [0.1, 0.15) is 0 Å². The van der Waals surface area contributed by atoms with Gasteiger partial charge in [-0.1, -0.05) is 20.8 Å². The molecule has 4 fully saturated rings. The summed E-state index contributed by atoms with van der Waals surface area (Å²) < 4.78 is 0. The summed E-state index contributed by atoms with van der Waals surface area (Å²) in [5, 5.41) is 75.4. The Morgan fingerprint density at radius 1 is 0.661 bits per heavy atom. The first-order valence-electron chi connectivity index (χ1n) is 20.8. The second-order valence-corrected chi connectivity index (χ2v) is 18.1. The fourth-order valence-corrected chi connectivity index (χ4v) is 11.6. The average molecular weight is 840 g/mol. The van der Waals surface area contributed by atoms with Crippen molar-refractivity contribution >= 4 is 41.7 Å². The van der Waals surface area contributed by atoms with Crippen LogP contribution in [-0.4, -0.2) is 176 Å². The number of fused-ring (bicyclic) bond motifs is 5. The van der Waals surface area contributed by atoms with Crippen molar-refractivity contribution in [1.82, 2.24) is 25.3 Å². The van der Waals surface area contributed by atoms with E-state index in [0.717, 1.165) is 24.2 Å². The van der Waals surface area contributed by atoms with E-state index in [1.807, 2.05) is 0 Å². The summed E-state index contributed by atoms with van der Waals surface area (Å²) in [4.78, 5) is 86.4. The van der Waals surface area contributed by atoms with E-state index in [-0.39, 0.29) is 86.1 Å². The SMILES string of the molecule is CC(CCC(=O)O)[C@H]1CCC2C3C(C[C@H](O)[C@@]21C)[C@@]1(C)CC[C@H](NC(=O)CNC(=O)CN(CCN(CCN(CC(=O)O)CC(=O)O)CC(=O)O)CC(=O)O)CC1C[C@H]3O. The number of nitrogens with one attached hydrogen (secondary N) is 2. The van der Waals surface area contributed by atoms with Crippen LogP contribution < -0.4 is 10.6 Å². The zero-order valence-electron chi connectivity index (χ0n) is 34.5. The summed E-state index contributed by atoms with van der Waals surface area (Å²) in [6.45, 7) is 3.25. The van der Waals surface area contributed by atoms with Crippen molar-refractivity contribution < 1.29 is 69.3 Å². The van der Waals surface area contributed by atoms with Crippen LogP contribution in [0.4, 0.5) is 0 Å². The summed E-state index contributed by atoms with van der Waals surface area (Å²) in [5.41, 5.74) is -0.555. The van der Waals surface area contributed by atoms with Crippen LogP contribution in [0.1, 0.15) is 78.6 Å². The monoisotopic (exact) mass is 839 g/mol. The maximum absolute atomic E-state index is 13.1. The normalized spacial score (nSPS) is 31.8. The molecule has 59 heavy (non-hydrogen) atoms. The Hall–Kier alpha value is -3.91. The molecular weight excluding hydrogens is 774 g/mol. The molecule has 4 aliphatic rings. The molecule has 19 heteroatoms. The highest BCUT2D eigenvalue weighted by Crippen LogP contribution is 2.68. The van der Waals surface area contributed by atoms with Gasteiger partial charge in [0.2, 0.25) is 11.8 Å². The van der Waals surface area contributed by atoms with Gasteiger partial charge in [0.25, 0.3) is 0 Å². The first-order valence-corrected chi connectivity index (χ1v) is 20.8. The first-order chi connectivity index (χ1) is 27.6. The van der Waals surface area contributed by atoms with Gasteiger partial charge in [-0.3, -0.25) is 48.3 Å². The third-order valence-corrected chi connectivity index (χ3v) is 14.4. The van der Waals surface area contributed by atoms with Crippen LogP contribution >= 0.6 is 0 Å². The predicted molar refractivity (Wildman–Crippen MR) is 209 cm³/mol. The number of hydrogen-bond donors (Lipinski definition) is 9. The average Bonchev–Trinajstić information content (AvgIpc) is 3.49. The second kappa shape index (κ2) is 20.6. The Morgan fingerprint density at radius 2 is 1.20 bits per heavy atom. The number of hydrogen-bond acceptors (Lipinski definition) is 12. The zero-order chi connectivity index (χ0) is 43.8. The number of carbonyl (C=O) groups excluding carboxylic acids is 2. The minimum absolute atomic E-state index is 0.0293. The van der Waals surface area contributed by atoms with Gasteiger partial charge in [0, 0.05) is 38.6 Å². The predicted octanol–water partition coefficient (Wildman–Crippen LogP) is -0.0668. The number of rotatable bonds is 23. The van der Waals surface area contributed by atoms with Crippen molar-refractivity contribution in [2.45, 2.75) is 96.8 Å². The van der Waals surface area contributed by atoms with Crippen LogP contribution in [0.5, 0.6) is 0 Å². The van der Waals surface area contributed by atoms with E-state index in [2.05, 4.69) is 31.4 Å². The van der Waals surface area contributed by atoms with Crippen molar-refractivity contribution in [3.8, 4) is 0 Å². The maximum atomic E-state index is 13.1. The van der Waals surface area contributed by atoms with Crippen LogP contribution in [0, 0.1) is 46.3 Å². The number of amides is 2. The lowest BCUT2D eigenvalue weighted by molar-refractivity contribution is -0.202. The number of aliphatic carboxylic acids is 5. The molecule has 0 heterocycles. The molecule has 0 aromatic rings. The number of aliphatic hydroxyl groups is 2. The van der Waals surface area contributed by atoms with Crippen molar-refractivity contribution in [3.05, 3.63) is 0 Å². The van der Waals surface area contributed by atoms with E-state index in [9.17, 15) is 59.1 Å². The Kier molecular flexibility index (Phi) is 16.7. The molecule has 4 aliphatic carbocycles. The fourth-order valence-electron chi connectivity index (χ4n) is 11.6. The molecule has 4 saturated carbocycles. The van der Waals surface area contributed by atoms with Crippen molar-refractivity contribution in [2.75, 3.05) is 65.4 Å². The highest BCUT2D eigenvalue weighted by molar-refractivity contribution is 5.86. The number of carbonyl (C=O) groups is 7. The Bertz CT molecular complexity index is 1530. The van der Waals surface area contributed by atoms with Crippen LogP contribution in [0.25, 0.3) is 0 Å². The van der Waals surface area contributed by atoms with E-state index in [0.29, 0.717) is 32.1 Å². The Balaban J connectivity index is 1.28. The van der Waals surface area contributed by atoms with Crippen LogP contribution in [-0.2, 0) is 33.6 Å². The van der Waals surface area contributed by atoms with Crippen LogP contribution in [0.3, 0.4) is 0 Å². The fraction of sp³-hybridized carbons (Fsp3) is 0.825. The third kappa shape index (κ3) is 12.3. The molecule has 0 spiro atoms. The number of carboxylic acid groups (broad SMARTS) is 5. The second-order valence-electron chi connectivity index (χ2n) is 18.1. The molecule has 0 saturated heterocycles. The molecule has 19 nitrogen and oxygen atoms in total. The minimum Gasteiger partial charge on any atom is -0.481 e. The molecule has 0 aromatic carbocycles. The Labute approximate surface area is 344 Å². The molecule has 9 N–H and O–H groups in total. The quantitative estimate of drug-likeness (QED) is 0.0651. The molecule has 11 atom stereocenters. The summed E-state index contributed by atoms with van der Waals surface area (Å²) in [7, 11) is 0. The topological polar surface area (TPSA) is 295 Å². The summed E-state index contributed by atoms with van der Waals surface area (Å²) >= 11 is 0. The molecule has 334 valence electrons. The number of aliphatic hydroxyl groups excluding tert-OH is 2. The standard InChI is InChI=1S/C40H65N5O14/c1-23(4-7-33(50)51)26-5-6-27-38-28(16-30(47)40(26,27)3)39(2)9-8-25(14-24(39)15-29(38)46)42-31(48)17-41-32(49)18-44(20-35(54)55)12-10-43(19-34(52)53)11-13-45(21-36(56)57)22-37(58)59/h23-30,38,46-47H,4-22H2,1-3H3,(H,41,49)(H,42,48)(H,50,51)(H,52,53)(H,54,55)(H,56,57)(H,58,59)/t23?,24?,25-,26+,27?,28?,29+,30-,38?,39-,40+/m0/s1. The van der Waals surface area contributed by atoms with Gasteiger partial charge in [0.05, 0.1) is 51.5 Å². The van der Waals surface area contributed by atoms with Gasteiger partial charge in [-0.15, -0.1) is 0 Å². The van der Waals surface area contributed by atoms with Crippen molar-refractivity contribution in [3.63, 3.8) is 0 Å². The van der Waals surface area contributed by atoms with E-state index < -0.39 is 92.0 Å². The lowest BCUT2D eigenvalue weighted by atomic mass is 9.43. The number of carboxylic acids is 5. The van der Waals surface area contributed by atoms with Crippen LogP contribution in [0.2, 0.25) is 0 Å². The minimum atomic E-state index is -1.26. The third-order valence-electron chi connectivity index (χ3n) is 14.4. The molecule has 0 radical (unpaired) electrons. The molecular formula is C40H65N5O14. The van der Waals surface area contributed by atoms with Gasteiger partial charge in [-0.05, 0) is 97.7 Å². The van der Waals surface area contributed by atoms with E-state index in [1.165, 1.54) is 9.80 Å². The highest BCUT2D eigenvalue weighted by atomic mass is 16.4.